The van der Waals surface area contributed by atoms with E-state index >= 15 is 0 Å². The van der Waals surface area contributed by atoms with Crippen molar-refractivity contribution in [2.24, 2.45) is 0 Å². The van der Waals surface area contributed by atoms with Crippen molar-refractivity contribution in [3.8, 4) is 11.5 Å². The van der Waals surface area contributed by atoms with Crippen LogP contribution in [0, 0.1) is 0 Å². The van der Waals surface area contributed by atoms with Crippen molar-refractivity contribution in [1.82, 2.24) is 0 Å². The van der Waals surface area contributed by atoms with Crippen molar-refractivity contribution >= 4 is 22.3 Å². The molecule has 0 atom stereocenters. The van der Waals surface area contributed by atoms with Gasteiger partial charge in [0.05, 0.1) is 12.2 Å². The molecule has 0 bridgehead atoms. The first kappa shape index (κ1) is 19.5. The number of rotatable bonds is 6. The van der Waals surface area contributed by atoms with Gasteiger partial charge in [-0.15, -0.1) is 0 Å². The molecule has 28 heavy (non-hydrogen) atoms. The van der Waals surface area contributed by atoms with Crippen LogP contribution in [0.1, 0.15) is 37.5 Å². The van der Waals surface area contributed by atoms with Gasteiger partial charge in [-0.25, -0.2) is 4.79 Å². The smallest absolute Gasteiger partial charge is 0.336 e. The lowest BCUT2D eigenvalue weighted by Gasteiger charge is -2.17. The average Bonchev–Trinajstić information content (AvgIpc) is 2.66. The molecule has 0 aliphatic rings. The Kier molecular flexibility index (Phi) is 5.69. The summed E-state index contributed by atoms with van der Waals surface area (Å²) >= 11 is 0. The number of aliphatic carboxylic acids is 1. The minimum absolute atomic E-state index is 0.0469. The lowest BCUT2D eigenvalue weighted by atomic mass is 9.90. The first-order valence-corrected chi connectivity index (χ1v) is 9.29. The van der Waals surface area contributed by atoms with Gasteiger partial charge in [-0.2, -0.15) is 0 Å². The van der Waals surface area contributed by atoms with E-state index in [1.807, 2.05) is 55.5 Å². The summed E-state index contributed by atoms with van der Waals surface area (Å²) in [7, 11) is 0. The maximum atomic E-state index is 12.0. The Hall–Kier alpha value is -3.27. The summed E-state index contributed by atoms with van der Waals surface area (Å²) in [5, 5.41) is 22.1. The van der Waals surface area contributed by atoms with Gasteiger partial charge in [-0.3, -0.25) is 0 Å². The highest BCUT2D eigenvalue weighted by Crippen LogP contribution is 2.42. The normalized spacial score (nSPS) is 10.7. The summed E-state index contributed by atoms with van der Waals surface area (Å²) in [4.78, 5) is 12.0. The third-order valence-electron chi connectivity index (χ3n) is 4.71. The Labute approximate surface area is 164 Å². The van der Waals surface area contributed by atoms with Gasteiger partial charge in [0, 0.05) is 10.9 Å². The van der Waals surface area contributed by atoms with Crippen LogP contribution in [0.15, 0.2) is 60.2 Å². The van der Waals surface area contributed by atoms with Gasteiger partial charge in [0.2, 0.25) is 0 Å². The molecule has 2 N–H and O–H groups in total. The van der Waals surface area contributed by atoms with Crippen LogP contribution in [-0.4, -0.2) is 22.8 Å². The largest absolute Gasteiger partial charge is 0.504 e. The number of ether oxygens (including phenoxy) is 1. The van der Waals surface area contributed by atoms with Crippen molar-refractivity contribution in [2.45, 2.75) is 27.2 Å². The van der Waals surface area contributed by atoms with E-state index in [-0.39, 0.29) is 11.3 Å². The second-order valence-corrected chi connectivity index (χ2v) is 6.89. The summed E-state index contributed by atoms with van der Waals surface area (Å²) < 4.78 is 5.63. The van der Waals surface area contributed by atoms with E-state index in [4.69, 9.17) is 4.74 Å². The molecule has 0 fully saturated rings. The molecule has 0 heterocycles. The number of fused-ring (bicyclic) bond motifs is 1. The summed E-state index contributed by atoms with van der Waals surface area (Å²) in [6, 6.07) is 17.3. The highest BCUT2D eigenvalue weighted by molar-refractivity contribution is 6.21. The van der Waals surface area contributed by atoms with Crippen molar-refractivity contribution in [3.05, 3.63) is 76.9 Å². The first-order chi connectivity index (χ1) is 13.4. The molecule has 0 amide bonds. The molecule has 0 aromatic heterocycles. The van der Waals surface area contributed by atoms with E-state index in [9.17, 15) is 15.0 Å². The highest BCUT2D eigenvalue weighted by atomic mass is 16.5. The zero-order chi connectivity index (χ0) is 20.3. The zero-order valence-corrected chi connectivity index (χ0v) is 16.3. The lowest BCUT2D eigenvalue weighted by molar-refractivity contribution is -0.130. The third-order valence-corrected chi connectivity index (χ3v) is 4.71. The average molecular weight is 376 g/mol. The topological polar surface area (TPSA) is 66.8 Å². The molecule has 0 radical (unpaired) electrons. The highest BCUT2D eigenvalue weighted by Gasteiger charge is 2.21. The molecule has 0 spiro atoms. The SMILES string of the molecule is CCOc1cc(C(C(=O)O)=C(C)C)c2cccc(Cc3ccccc3)c2c1O. The number of carboxylic acid groups (broad SMARTS) is 1. The van der Waals surface area contributed by atoms with Crippen molar-refractivity contribution in [1.29, 1.82) is 0 Å². The van der Waals surface area contributed by atoms with E-state index in [1.54, 1.807) is 19.9 Å². The van der Waals surface area contributed by atoms with E-state index in [0.717, 1.165) is 11.1 Å². The molecular formula is C24H24O4. The number of hydrogen-bond acceptors (Lipinski definition) is 3. The zero-order valence-electron chi connectivity index (χ0n) is 16.3. The van der Waals surface area contributed by atoms with Gasteiger partial charge >= 0.3 is 5.97 Å². The van der Waals surface area contributed by atoms with Crippen molar-refractivity contribution in [3.63, 3.8) is 0 Å². The van der Waals surface area contributed by atoms with E-state index < -0.39 is 5.97 Å². The second-order valence-electron chi connectivity index (χ2n) is 6.89. The molecule has 4 nitrogen and oxygen atoms in total. The molecular weight excluding hydrogens is 352 g/mol. The molecule has 0 saturated carbocycles. The van der Waals surface area contributed by atoms with Crippen LogP contribution >= 0.6 is 0 Å². The number of benzene rings is 3. The molecule has 3 aromatic rings. The van der Waals surface area contributed by atoms with Gasteiger partial charge in [0.15, 0.2) is 11.5 Å². The van der Waals surface area contributed by atoms with Crippen LogP contribution in [0.3, 0.4) is 0 Å². The summed E-state index contributed by atoms with van der Waals surface area (Å²) in [6.45, 7) is 5.75. The standard InChI is InChI=1S/C24H24O4/c1-4-28-20-14-19(21(15(2)3)24(26)27)18-12-8-11-17(22(18)23(20)25)13-16-9-6-5-7-10-16/h5-12,14,25H,4,13H2,1-3H3,(H,26,27). The van der Waals surface area contributed by atoms with Gasteiger partial charge < -0.3 is 14.9 Å². The predicted molar refractivity (Wildman–Crippen MR) is 112 cm³/mol. The van der Waals surface area contributed by atoms with E-state index in [1.165, 1.54) is 0 Å². The van der Waals surface area contributed by atoms with Crippen LogP contribution in [0.25, 0.3) is 16.3 Å². The Morgan fingerprint density at radius 3 is 2.36 bits per heavy atom. The van der Waals surface area contributed by atoms with Crippen molar-refractivity contribution in [2.75, 3.05) is 6.61 Å². The Balaban J connectivity index is 2.34. The fourth-order valence-electron chi connectivity index (χ4n) is 3.54. The monoisotopic (exact) mass is 376 g/mol. The van der Waals surface area contributed by atoms with Gasteiger partial charge in [-0.1, -0.05) is 54.1 Å². The van der Waals surface area contributed by atoms with Gasteiger partial charge in [-0.05, 0) is 49.8 Å². The fraction of sp³-hybridized carbons (Fsp3) is 0.208. The molecule has 144 valence electrons. The van der Waals surface area contributed by atoms with Gasteiger partial charge in [0.25, 0.3) is 0 Å². The molecule has 0 saturated heterocycles. The Morgan fingerprint density at radius 1 is 1.04 bits per heavy atom. The summed E-state index contributed by atoms with van der Waals surface area (Å²) in [6.07, 6.45) is 0.623. The lowest BCUT2D eigenvalue weighted by Crippen LogP contribution is -2.04. The number of phenols is 1. The van der Waals surface area contributed by atoms with Crippen LogP contribution in [0.5, 0.6) is 11.5 Å². The Morgan fingerprint density at radius 2 is 1.75 bits per heavy atom. The van der Waals surface area contributed by atoms with Crippen LogP contribution in [-0.2, 0) is 11.2 Å². The number of phenolic OH excluding ortho intramolecular Hbond substituents is 1. The quantitative estimate of drug-likeness (QED) is 0.564. The minimum atomic E-state index is -0.997. The fourth-order valence-corrected chi connectivity index (χ4v) is 3.54. The van der Waals surface area contributed by atoms with Gasteiger partial charge in [0.1, 0.15) is 0 Å². The summed E-state index contributed by atoms with van der Waals surface area (Å²) in [5.41, 5.74) is 3.50. The molecule has 4 heteroatoms. The number of hydrogen-bond donors (Lipinski definition) is 2. The number of carboxylic acids is 1. The molecule has 0 aliphatic carbocycles. The Bertz CT molecular complexity index is 1050. The van der Waals surface area contributed by atoms with Crippen LogP contribution in [0.4, 0.5) is 0 Å². The summed E-state index contributed by atoms with van der Waals surface area (Å²) in [5.74, 6) is -0.654. The predicted octanol–water partition coefficient (Wildman–Crippen LogP) is 5.41. The van der Waals surface area contributed by atoms with Crippen molar-refractivity contribution < 1.29 is 19.7 Å². The van der Waals surface area contributed by atoms with Crippen LogP contribution in [0.2, 0.25) is 0 Å². The maximum Gasteiger partial charge on any atom is 0.336 e. The van der Waals surface area contributed by atoms with Crippen LogP contribution < -0.4 is 4.74 Å². The molecule has 0 aliphatic heterocycles. The second kappa shape index (κ2) is 8.17. The number of allylic oxidation sites excluding steroid dienone is 1. The molecule has 3 aromatic carbocycles. The first-order valence-electron chi connectivity index (χ1n) is 9.29. The molecule has 3 rings (SSSR count). The molecule has 0 unspecified atom stereocenters. The van der Waals surface area contributed by atoms with E-state index in [0.29, 0.717) is 40.7 Å². The number of carbonyl (C=O) groups is 1. The van der Waals surface area contributed by atoms with E-state index in [2.05, 4.69) is 0 Å². The number of aromatic hydroxyl groups is 1. The minimum Gasteiger partial charge on any atom is -0.504 e. The maximum absolute atomic E-state index is 12.0. The third kappa shape index (κ3) is 3.72.